The van der Waals surface area contributed by atoms with E-state index >= 15 is 0 Å². The standard InChI is InChI=1S/C24H27FN2O/c1-17(2)27-21-10-8-7-9-20(21)24(18-13-15-19(25)16-14-18)22(27)11-5-3-4-6-12-23(26)28/h5,7-11,13-17H,3-4,6,12H2,1-2H3,(H2,26,28)/b11-5+. The average Bonchev–Trinajstić information content (AvgIpc) is 2.99. The number of hydrogen-bond acceptors (Lipinski definition) is 1. The highest BCUT2D eigenvalue weighted by molar-refractivity contribution is 6.01. The van der Waals surface area contributed by atoms with E-state index in [-0.39, 0.29) is 17.8 Å². The Morgan fingerprint density at radius 3 is 2.50 bits per heavy atom. The average molecular weight is 378 g/mol. The summed E-state index contributed by atoms with van der Waals surface area (Å²) in [6.07, 6.45) is 7.35. The Balaban J connectivity index is 2.03. The van der Waals surface area contributed by atoms with Crippen LogP contribution in [0.4, 0.5) is 4.39 Å². The maximum Gasteiger partial charge on any atom is 0.217 e. The van der Waals surface area contributed by atoms with E-state index in [0.717, 1.165) is 41.5 Å². The monoisotopic (exact) mass is 378 g/mol. The molecule has 0 fully saturated rings. The summed E-state index contributed by atoms with van der Waals surface area (Å²) in [5.74, 6) is -0.481. The van der Waals surface area contributed by atoms with E-state index in [1.807, 2.05) is 24.3 Å². The van der Waals surface area contributed by atoms with Crippen LogP contribution in [-0.4, -0.2) is 10.5 Å². The van der Waals surface area contributed by atoms with Crippen LogP contribution < -0.4 is 5.73 Å². The smallest absolute Gasteiger partial charge is 0.217 e. The Bertz CT molecular complexity index is 984. The van der Waals surface area contributed by atoms with Crippen molar-refractivity contribution < 1.29 is 9.18 Å². The fourth-order valence-electron chi connectivity index (χ4n) is 3.68. The number of hydrogen-bond donors (Lipinski definition) is 1. The quantitative estimate of drug-likeness (QED) is 0.474. The molecule has 0 saturated carbocycles. The minimum Gasteiger partial charge on any atom is -0.370 e. The number of benzene rings is 2. The van der Waals surface area contributed by atoms with Gasteiger partial charge in [0.15, 0.2) is 0 Å². The summed E-state index contributed by atoms with van der Waals surface area (Å²) in [5.41, 5.74) is 9.62. The highest BCUT2D eigenvalue weighted by atomic mass is 19.1. The van der Waals surface area contributed by atoms with Crippen molar-refractivity contribution in [1.82, 2.24) is 4.57 Å². The van der Waals surface area contributed by atoms with E-state index in [1.165, 1.54) is 17.6 Å². The number of nitrogens with zero attached hydrogens (tertiary/aromatic N) is 1. The summed E-state index contributed by atoms with van der Waals surface area (Å²) in [6.45, 7) is 4.34. The molecule has 0 atom stereocenters. The van der Waals surface area contributed by atoms with Gasteiger partial charge in [0.05, 0.1) is 0 Å². The predicted octanol–water partition coefficient (Wildman–Crippen LogP) is 6.09. The summed E-state index contributed by atoms with van der Waals surface area (Å²) >= 11 is 0. The number of amides is 1. The number of allylic oxidation sites excluding steroid dienone is 1. The van der Waals surface area contributed by atoms with Gasteiger partial charge in [-0.05, 0) is 62.9 Å². The summed E-state index contributed by atoms with van der Waals surface area (Å²) in [5, 5.41) is 1.16. The number of rotatable bonds is 8. The van der Waals surface area contributed by atoms with Crippen LogP contribution in [0.15, 0.2) is 54.6 Å². The number of carbonyl (C=O) groups excluding carboxylic acids is 1. The molecule has 1 amide bonds. The van der Waals surface area contributed by atoms with Gasteiger partial charge in [-0.3, -0.25) is 4.79 Å². The molecule has 3 aromatic rings. The van der Waals surface area contributed by atoms with Gasteiger partial charge < -0.3 is 10.3 Å². The third-order valence-electron chi connectivity index (χ3n) is 4.92. The number of unbranched alkanes of at least 4 members (excludes halogenated alkanes) is 2. The van der Waals surface area contributed by atoms with Gasteiger partial charge in [-0.25, -0.2) is 4.39 Å². The molecule has 2 N–H and O–H groups in total. The highest BCUT2D eigenvalue weighted by Gasteiger charge is 2.18. The molecule has 0 aliphatic carbocycles. The molecule has 0 aliphatic rings. The molecular formula is C24H27FN2O. The first-order valence-electron chi connectivity index (χ1n) is 9.82. The van der Waals surface area contributed by atoms with Crippen LogP contribution >= 0.6 is 0 Å². The molecule has 28 heavy (non-hydrogen) atoms. The zero-order chi connectivity index (χ0) is 20.1. The van der Waals surface area contributed by atoms with Crippen LogP contribution in [0, 0.1) is 5.82 Å². The van der Waals surface area contributed by atoms with Gasteiger partial charge in [-0.15, -0.1) is 0 Å². The van der Waals surface area contributed by atoms with Crippen LogP contribution in [0.3, 0.4) is 0 Å². The fourth-order valence-corrected chi connectivity index (χ4v) is 3.68. The highest BCUT2D eigenvalue weighted by Crippen LogP contribution is 2.37. The Kier molecular flexibility index (Phi) is 6.30. The van der Waals surface area contributed by atoms with Gasteiger partial charge in [-0.2, -0.15) is 0 Å². The van der Waals surface area contributed by atoms with E-state index in [2.05, 4.69) is 42.7 Å². The minimum absolute atomic E-state index is 0.233. The molecule has 3 rings (SSSR count). The number of para-hydroxylation sites is 1. The van der Waals surface area contributed by atoms with E-state index in [1.54, 1.807) is 0 Å². The maximum atomic E-state index is 13.5. The lowest BCUT2D eigenvalue weighted by Crippen LogP contribution is -2.09. The molecule has 1 heterocycles. The zero-order valence-electron chi connectivity index (χ0n) is 16.5. The number of primary amides is 1. The Hall–Kier alpha value is -2.88. The minimum atomic E-state index is -0.248. The van der Waals surface area contributed by atoms with Crippen molar-refractivity contribution in [1.29, 1.82) is 0 Å². The molecule has 2 aromatic carbocycles. The van der Waals surface area contributed by atoms with Gasteiger partial charge in [0.2, 0.25) is 5.91 Å². The molecule has 3 nitrogen and oxygen atoms in total. The number of aromatic nitrogens is 1. The number of carbonyl (C=O) groups is 1. The van der Waals surface area contributed by atoms with E-state index in [4.69, 9.17) is 5.73 Å². The van der Waals surface area contributed by atoms with Crippen molar-refractivity contribution in [3.8, 4) is 11.1 Å². The van der Waals surface area contributed by atoms with Crippen molar-refractivity contribution in [2.45, 2.75) is 45.6 Å². The fraction of sp³-hybridized carbons (Fsp3) is 0.292. The summed E-state index contributed by atoms with van der Waals surface area (Å²) in [6, 6.07) is 15.3. The topological polar surface area (TPSA) is 48.0 Å². The van der Waals surface area contributed by atoms with Gasteiger partial charge in [0.25, 0.3) is 0 Å². The van der Waals surface area contributed by atoms with E-state index in [9.17, 15) is 9.18 Å². The van der Waals surface area contributed by atoms with Crippen LogP contribution in [0.25, 0.3) is 28.1 Å². The SMILES string of the molecule is CC(C)n1c(/C=C/CCCCC(N)=O)c(-c2ccc(F)cc2)c2ccccc21. The Labute approximate surface area is 165 Å². The van der Waals surface area contributed by atoms with Crippen molar-refractivity contribution in [2.75, 3.05) is 0 Å². The van der Waals surface area contributed by atoms with Crippen LogP contribution in [-0.2, 0) is 4.79 Å². The second-order valence-electron chi connectivity index (χ2n) is 7.36. The summed E-state index contributed by atoms with van der Waals surface area (Å²) in [4.78, 5) is 10.9. The number of fused-ring (bicyclic) bond motifs is 1. The van der Waals surface area contributed by atoms with Crippen LogP contribution in [0.2, 0.25) is 0 Å². The zero-order valence-corrected chi connectivity index (χ0v) is 16.5. The second kappa shape index (κ2) is 8.87. The van der Waals surface area contributed by atoms with Crippen molar-refractivity contribution in [3.63, 3.8) is 0 Å². The predicted molar refractivity (Wildman–Crippen MR) is 114 cm³/mol. The lowest BCUT2D eigenvalue weighted by atomic mass is 10.0. The van der Waals surface area contributed by atoms with Gasteiger partial charge >= 0.3 is 0 Å². The molecule has 0 bridgehead atoms. The first kappa shape index (κ1) is 19.9. The third kappa shape index (κ3) is 4.33. The number of halogens is 1. The van der Waals surface area contributed by atoms with Gasteiger partial charge in [-0.1, -0.05) is 36.4 Å². The Morgan fingerprint density at radius 1 is 1.11 bits per heavy atom. The molecule has 0 unspecified atom stereocenters. The van der Waals surface area contributed by atoms with Crippen molar-refractivity contribution >= 4 is 22.9 Å². The lowest BCUT2D eigenvalue weighted by Gasteiger charge is -2.13. The van der Waals surface area contributed by atoms with Gasteiger partial charge in [0.1, 0.15) is 5.82 Å². The van der Waals surface area contributed by atoms with Crippen molar-refractivity contribution in [3.05, 3.63) is 66.1 Å². The lowest BCUT2D eigenvalue weighted by molar-refractivity contribution is -0.118. The molecular weight excluding hydrogens is 351 g/mol. The molecule has 0 spiro atoms. The number of nitrogens with two attached hydrogens (primary N) is 1. The Morgan fingerprint density at radius 2 is 1.82 bits per heavy atom. The van der Waals surface area contributed by atoms with Crippen LogP contribution in [0.1, 0.15) is 51.3 Å². The second-order valence-corrected chi connectivity index (χ2v) is 7.36. The van der Waals surface area contributed by atoms with E-state index in [0.29, 0.717) is 6.42 Å². The van der Waals surface area contributed by atoms with E-state index < -0.39 is 0 Å². The first-order valence-corrected chi connectivity index (χ1v) is 9.82. The third-order valence-corrected chi connectivity index (χ3v) is 4.92. The molecule has 146 valence electrons. The maximum absolute atomic E-state index is 13.5. The summed E-state index contributed by atoms with van der Waals surface area (Å²) < 4.78 is 15.8. The normalized spacial score (nSPS) is 11.7. The summed E-state index contributed by atoms with van der Waals surface area (Å²) in [7, 11) is 0. The molecule has 1 aromatic heterocycles. The van der Waals surface area contributed by atoms with Gasteiger partial charge in [0, 0.05) is 34.6 Å². The van der Waals surface area contributed by atoms with Crippen LogP contribution in [0.5, 0.6) is 0 Å². The largest absolute Gasteiger partial charge is 0.370 e. The molecule has 0 radical (unpaired) electrons. The molecule has 4 heteroatoms. The van der Waals surface area contributed by atoms with Crippen molar-refractivity contribution in [2.24, 2.45) is 5.73 Å². The molecule has 0 aliphatic heterocycles. The first-order chi connectivity index (χ1) is 13.5. The molecule has 0 saturated heterocycles.